The molecule has 0 aliphatic rings. The normalized spacial score (nSPS) is 15.4. The van der Waals surface area contributed by atoms with Gasteiger partial charge in [0.25, 0.3) is 0 Å². The molecule has 0 fully saturated rings. The minimum atomic E-state index is -4.51. The lowest BCUT2D eigenvalue weighted by molar-refractivity contribution is -0.245. The number of rotatable bonds is 4. The summed E-state index contributed by atoms with van der Waals surface area (Å²) in [5, 5.41) is 9.96. The van der Waals surface area contributed by atoms with E-state index >= 15 is 0 Å². The summed E-state index contributed by atoms with van der Waals surface area (Å²) in [6.45, 7) is 11.1. The van der Waals surface area contributed by atoms with Crippen LogP contribution in [0.4, 0.5) is 13.2 Å². The molecule has 0 spiro atoms. The Kier molecular flexibility index (Phi) is 4.51. The molecule has 0 unspecified atom stereocenters. The minimum absolute atomic E-state index is 0.103. The Morgan fingerprint density at radius 1 is 0.812 bits per heavy atom. The van der Waals surface area contributed by atoms with E-state index in [1.165, 1.54) is 0 Å². The molecule has 0 atom stereocenters. The third kappa shape index (κ3) is 5.49. The van der Waals surface area contributed by atoms with Gasteiger partial charge in [0.1, 0.15) is 0 Å². The van der Waals surface area contributed by atoms with Gasteiger partial charge in [-0.15, -0.1) is 0 Å². The first-order valence-electron chi connectivity index (χ1n) is 5.45. The second kappa shape index (κ2) is 4.46. The molecule has 0 heterocycles. The van der Waals surface area contributed by atoms with E-state index in [2.05, 4.69) is 0 Å². The zero-order chi connectivity index (χ0) is 13.4. The van der Waals surface area contributed by atoms with E-state index in [-0.39, 0.29) is 12.1 Å². The Morgan fingerprint density at radius 2 is 1.06 bits per heavy atom. The summed E-state index contributed by atoms with van der Waals surface area (Å²) in [6, 6.07) is -0.207. The van der Waals surface area contributed by atoms with Crippen LogP contribution in [0.15, 0.2) is 0 Å². The highest BCUT2D eigenvalue weighted by Gasteiger charge is 2.56. The van der Waals surface area contributed by atoms with E-state index in [0.29, 0.717) is 0 Å². The lowest BCUT2D eigenvalue weighted by Crippen LogP contribution is -2.53. The van der Waals surface area contributed by atoms with Crippen LogP contribution in [0.3, 0.4) is 0 Å². The fraction of sp³-hybridized carbons (Fsp3) is 1.00. The van der Waals surface area contributed by atoms with Gasteiger partial charge in [0.15, 0.2) is 5.60 Å². The Balaban J connectivity index is 5.07. The van der Waals surface area contributed by atoms with Crippen LogP contribution in [-0.4, -0.2) is 33.0 Å². The van der Waals surface area contributed by atoms with Crippen molar-refractivity contribution in [3.05, 3.63) is 0 Å². The summed E-state index contributed by atoms with van der Waals surface area (Å²) >= 11 is 0. The van der Waals surface area contributed by atoms with Crippen molar-refractivity contribution in [3.8, 4) is 0 Å². The predicted molar refractivity (Wildman–Crippen MR) is 67.3 cm³/mol. The number of halogens is 3. The predicted octanol–water partition coefficient (Wildman–Crippen LogP) is 3.96. The van der Waals surface area contributed by atoms with Gasteiger partial charge in [-0.05, 0) is 12.1 Å². The number of alkyl halides is 3. The first-order valence-corrected chi connectivity index (χ1v) is 12.9. The van der Waals surface area contributed by atoms with E-state index in [4.69, 9.17) is 0 Å². The van der Waals surface area contributed by atoms with Crippen LogP contribution in [0, 0.1) is 0 Å². The van der Waals surface area contributed by atoms with Gasteiger partial charge in [-0.25, -0.2) is 0 Å². The maximum absolute atomic E-state index is 13.0. The third-order valence-electron chi connectivity index (χ3n) is 2.17. The fourth-order valence-corrected chi connectivity index (χ4v) is 6.43. The van der Waals surface area contributed by atoms with E-state index in [0.717, 1.165) is 0 Å². The van der Waals surface area contributed by atoms with Gasteiger partial charge in [-0.1, -0.05) is 39.3 Å². The van der Waals surface area contributed by atoms with Gasteiger partial charge in [-0.2, -0.15) is 13.2 Å². The molecule has 0 amide bonds. The van der Waals surface area contributed by atoms with Crippen molar-refractivity contribution in [1.82, 2.24) is 0 Å². The number of hydrogen-bond donors (Lipinski definition) is 1. The second-order valence-electron chi connectivity index (χ2n) is 7.00. The molecular formula is C10H23F3OSi2. The first kappa shape index (κ1) is 16.2. The second-order valence-corrected chi connectivity index (χ2v) is 18.0. The average molecular weight is 272 g/mol. The van der Waals surface area contributed by atoms with E-state index < -0.39 is 27.9 Å². The van der Waals surface area contributed by atoms with Gasteiger partial charge < -0.3 is 5.11 Å². The molecule has 0 aromatic rings. The molecule has 0 saturated carbocycles. The monoisotopic (exact) mass is 272 g/mol. The van der Waals surface area contributed by atoms with Crippen LogP contribution in [0.25, 0.3) is 0 Å². The van der Waals surface area contributed by atoms with Crippen molar-refractivity contribution < 1.29 is 18.3 Å². The molecule has 0 aromatic heterocycles. The molecule has 0 bridgehead atoms. The topological polar surface area (TPSA) is 20.2 Å². The maximum atomic E-state index is 13.0. The van der Waals surface area contributed by atoms with E-state index in [1.807, 2.05) is 39.3 Å². The van der Waals surface area contributed by atoms with Crippen LogP contribution in [0.5, 0.6) is 0 Å². The number of hydrogen-bond acceptors (Lipinski definition) is 1. The van der Waals surface area contributed by atoms with Crippen LogP contribution >= 0.6 is 0 Å². The molecule has 0 radical (unpaired) electrons. The molecule has 0 rings (SSSR count). The number of aliphatic hydroxyl groups is 1. The fourth-order valence-electron chi connectivity index (χ4n) is 2.02. The standard InChI is InChI=1S/C10H23F3OSi2/c1-15(2,3)7-9(14,10(11,12)13)8-16(4,5)6/h14H,7-8H2,1-6H3. The molecule has 98 valence electrons. The lowest BCUT2D eigenvalue weighted by Gasteiger charge is -2.38. The molecule has 1 N–H and O–H groups in total. The lowest BCUT2D eigenvalue weighted by atomic mass is 10.1. The molecule has 6 heteroatoms. The van der Waals surface area contributed by atoms with Crippen molar-refractivity contribution in [2.45, 2.75) is 63.1 Å². The minimum Gasteiger partial charge on any atom is -0.381 e. The average Bonchev–Trinajstić information content (AvgIpc) is 1.72. The smallest absolute Gasteiger partial charge is 0.381 e. The van der Waals surface area contributed by atoms with Gasteiger partial charge in [0.05, 0.1) is 0 Å². The highest BCUT2D eigenvalue weighted by atomic mass is 28.3. The van der Waals surface area contributed by atoms with Crippen molar-refractivity contribution in [3.63, 3.8) is 0 Å². The van der Waals surface area contributed by atoms with Crippen molar-refractivity contribution >= 4 is 16.1 Å². The summed E-state index contributed by atoms with van der Waals surface area (Å²) in [6.07, 6.45) is -4.51. The van der Waals surface area contributed by atoms with Crippen LogP contribution in [0.1, 0.15) is 0 Å². The van der Waals surface area contributed by atoms with Crippen LogP contribution in [0.2, 0.25) is 51.4 Å². The summed E-state index contributed by atoms with van der Waals surface area (Å²) in [4.78, 5) is 0. The summed E-state index contributed by atoms with van der Waals surface area (Å²) in [7, 11) is -3.90. The molecule has 1 nitrogen and oxygen atoms in total. The summed E-state index contributed by atoms with van der Waals surface area (Å²) < 4.78 is 38.9. The quantitative estimate of drug-likeness (QED) is 0.768. The van der Waals surface area contributed by atoms with Gasteiger partial charge in [0.2, 0.25) is 0 Å². The summed E-state index contributed by atoms with van der Waals surface area (Å²) in [5.74, 6) is 0. The molecule has 0 aliphatic carbocycles. The highest BCUT2D eigenvalue weighted by molar-refractivity contribution is 6.78. The Labute approximate surface area is 98.1 Å². The molecule has 0 aliphatic heterocycles. The van der Waals surface area contributed by atoms with Gasteiger partial charge in [0, 0.05) is 16.1 Å². The molecule has 0 saturated heterocycles. The Bertz CT molecular complexity index is 222. The highest BCUT2D eigenvalue weighted by Crippen LogP contribution is 2.42. The van der Waals surface area contributed by atoms with Crippen molar-refractivity contribution in [2.24, 2.45) is 0 Å². The maximum Gasteiger partial charge on any atom is 0.416 e. The first-order chi connectivity index (χ1) is 6.66. The largest absolute Gasteiger partial charge is 0.416 e. The zero-order valence-corrected chi connectivity index (χ0v) is 13.0. The molecule has 16 heavy (non-hydrogen) atoms. The Hall–Kier alpha value is 0.184. The van der Waals surface area contributed by atoms with Gasteiger partial charge in [-0.3, -0.25) is 0 Å². The van der Waals surface area contributed by atoms with Gasteiger partial charge >= 0.3 is 6.18 Å². The van der Waals surface area contributed by atoms with E-state index in [1.54, 1.807) is 0 Å². The van der Waals surface area contributed by atoms with Crippen LogP contribution in [-0.2, 0) is 0 Å². The Morgan fingerprint density at radius 3 is 1.19 bits per heavy atom. The van der Waals surface area contributed by atoms with Crippen LogP contribution < -0.4 is 0 Å². The molecule has 0 aromatic carbocycles. The zero-order valence-electron chi connectivity index (χ0n) is 11.0. The van der Waals surface area contributed by atoms with Crippen molar-refractivity contribution in [2.75, 3.05) is 0 Å². The van der Waals surface area contributed by atoms with E-state index in [9.17, 15) is 18.3 Å². The third-order valence-corrected chi connectivity index (χ3v) is 5.46. The SMILES string of the molecule is C[Si](C)(C)CC(O)(C[Si](C)(C)C)C(F)(F)F. The molecular weight excluding hydrogens is 249 g/mol. The van der Waals surface area contributed by atoms with Crippen molar-refractivity contribution in [1.29, 1.82) is 0 Å². The summed E-state index contributed by atoms with van der Waals surface area (Å²) in [5.41, 5.74) is -2.47.